The van der Waals surface area contributed by atoms with Gasteiger partial charge in [0, 0.05) is 11.6 Å². The molecule has 0 radical (unpaired) electrons. The SMILES string of the molecule is CCCOc1ccc(C)cc1C(C)NC. The lowest BCUT2D eigenvalue weighted by Crippen LogP contribution is -2.14. The molecule has 1 N–H and O–H groups in total. The van der Waals surface area contributed by atoms with E-state index in [1.807, 2.05) is 7.05 Å². The first kappa shape index (κ1) is 12.1. The van der Waals surface area contributed by atoms with Gasteiger partial charge in [-0.25, -0.2) is 0 Å². The van der Waals surface area contributed by atoms with E-state index < -0.39 is 0 Å². The van der Waals surface area contributed by atoms with Gasteiger partial charge in [-0.3, -0.25) is 0 Å². The molecular weight excluding hydrogens is 186 g/mol. The van der Waals surface area contributed by atoms with Crippen LogP contribution >= 0.6 is 0 Å². The first-order valence-corrected chi connectivity index (χ1v) is 5.59. The Bertz CT molecular complexity index is 309. The molecule has 0 heterocycles. The van der Waals surface area contributed by atoms with Crippen LogP contribution in [0.5, 0.6) is 5.75 Å². The second-order valence-electron chi connectivity index (χ2n) is 3.90. The third-order valence-corrected chi connectivity index (χ3v) is 2.53. The molecule has 0 aromatic heterocycles. The van der Waals surface area contributed by atoms with Gasteiger partial charge in [-0.15, -0.1) is 0 Å². The van der Waals surface area contributed by atoms with Crippen molar-refractivity contribution in [1.29, 1.82) is 0 Å². The minimum absolute atomic E-state index is 0.330. The Balaban J connectivity index is 2.92. The molecule has 0 fully saturated rings. The molecule has 15 heavy (non-hydrogen) atoms. The predicted octanol–water partition coefficient (Wildman–Crippen LogP) is 3.06. The average molecular weight is 207 g/mol. The number of ether oxygens (including phenoxy) is 1. The minimum atomic E-state index is 0.330. The number of benzene rings is 1. The molecule has 84 valence electrons. The Hall–Kier alpha value is -1.02. The van der Waals surface area contributed by atoms with E-state index >= 15 is 0 Å². The van der Waals surface area contributed by atoms with Crippen LogP contribution in [0.1, 0.15) is 37.4 Å². The molecule has 0 saturated carbocycles. The molecular formula is C13H21NO. The summed E-state index contributed by atoms with van der Waals surface area (Å²) in [7, 11) is 1.97. The monoisotopic (exact) mass is 207 g/mol. The van der Waals surface area contributed by atoms with Crippen LogP contribution in [0.3, 0.4) is 0 Å². The molecule has 1 unspecified atom stereocenters. The molecule has 0 saturated heterocycles. The third-order valence-electron chi connectivity index (χ3n) is 2.53. The molecule has 0 aliphatic rings. The van der Waals surface area contributed by atoms with Gasteiger partial charge in [0.25, 0.3) is 0 Å². The maximum atomic E-state index is 5.72. The van der Waals surface area contributed by atoms with Crippen molar-refractivity contribution in [2.45, 2.75) is 33.2 Å². The standard InChI is InChI=1S/C13H21NO/c1-5-8-15-13-7-6-10(2)9-12(13)11(3)14-4/h6-7,9,11,14H,5,8H2,1-4H3. The first-order valence-electron chi connectivity index (χ1n) is 5.59. The second kappa shape index (κ2) is 5.76. The molecule has 0 spiro atoms. The van der Waals surface area contributed by atoms with Gasteiger partial charge in [0.15, 0.2) is 0 Å². The molecule has 2 nitrogen and oxygen atoms in total. The number of hydrogen-bond donors (Lipinski definition) is 1. The summed E-state index contributed by atoms with van der Waals surface area (Å²) in [6, 6.07) is 6.67. The van der Waals surface area contributed by atoms with Crippen molar-refractivity contribution in [2.75, 3.05) is 13.7 Å². The third kappa shape index (κ3) is 3.24. The number of nitrogens with one attached hydrogen (secondary N) is 1. The van der Waals surface area contributed by atoms with Gasteiger partial charge in [-0.2, -0.15) is 0 Å². The lowest BCUT2D eigenvalue weighted by atomic mass is 10.0. The average Bonchev–Trinajstić information content (AvgIpc) is 2.26. The van der Waals surface area contributed by atoms with Gasteiger partial charge >= 0.3 is 0 Å². The highest BCUT2D eigenvalue weighted by Gasteiger charge is 2.09. The van der Waals surface area contributed by atoms with Crippen molar-refractivity contribution in [3.05, 3.63) is 29.3 Å². The highest BCUT2D eigenvalue weighted by Crippen LogP contribution is 2.26. The van der Waals surface area contributed by atoms with Gasteiger partial charge in [-0.1, -0.05) is 24.6 Å². The van der Waals surface area contributed by atoms with Gasteiger partial charge in [0.05, 0.1) is 6.61 Å². The van der Waals surface area contributed by atoms with Crippen LogP contribution in [0.25, 0.3) is 0 Å². The topological polar surface area (TPSA) is 21.3 Å². The zero-order chi connectivity index (χ0) is 11.3. The lowest BCUT2D eigenvalue weighted by molar-refractivity contribution is 0.311. The fraction of sp³-hybridized carbons (Fsp3) is 0.538. The van der Waals surface area contributed by atoms with Crippen molar-refractivity contribution >= 4 is 0 Å². The van der Waals surface area contributed by atoms with Crippen LogP contribution in [0.2, 0.25) is 0 Å². The Labute approximate surface area is 92.6 Å². The van der Waals surface area contributed by atoms with Crippen LogP contribution in [-0.4, -0.2) is 13.7 Å². The molecule has 1 atom stereocenters. The summed E-state index contributed by atoms with van der Waals surface area (Å²) in [5, 5.41) is 3.25. The smallest absolute Gasteiger partial charge is 0.124 e. The van der Waals surface area contributed by atoms with Crippen molar-refractivity contribution in [2.24, 2.45) is 0 Å². The highest BCUT2D eigenvalue weighted by atomic mass is 16.5. The zero-order valence-corrected chi connectivity index (χ0v) is 10.1. The minimum Gasteiger partial charge on any atom is -0.493 e. The molecule has 0 amide bonds. The van der Waals surface area contributed by atoms with Crippen LogP contribution in [0.4, 0.5) is 0 Å². The molecule has 2 heteroatoms. The first-order chi connectivity index (χ1) is 7.19. The van der Waals surface area contributed by atoms with Crippen LogP contribution in [0.15, 0.2) is 18.2 Å². The van der Waals surface area contributed by atoms with E-state index in [0.717, 1.165) is 18.8 Å². The fourth-order valence-electron chi connectivity index (χ4n) is 1.51. The summed E-state index contributed by atoms with van der Waals surface area (Å²) in [4.78, 5) is 0. The van der Waals surface area contributed by atoms with Gasteiger partial charge in [0.2, 0.25) is 0 Å². The summed E-state index contributed by atoms with van der Waals surface area (Å²) < 4.78 is 5.72. The summed E-state index contributed by atoms with van der Waals surface area (Å²) in [6.45, 7) is 7.16. The Morgan fingerprint density at radius 1 is 1.40 bits per heavy atom. The quantitative estimate of drug-likeness (QED) is 0.801. The number of hydrogen-bond acceptors (Lipinski definition) is 2. The van der Waals surface area contributed by atoms with E-state index in [2.05, 4.69) is 44.3 Å². The normalized spacial score (nSPS) is 12.5. The van der Waals surface area contributed by atoms with E-state index in [1.54, 1.807) is 0 Å². The van der Waals surface area contributed by atoms with E-state index in [4.69, 9.17) is 4.74 Å². The Kier molecular flexibility index (Phi) is 4.63. The van der Waals surface area contributed by atoms with Gasteiger partial charge in [0.1, 0.15) is 5.75 Å². The Morgan fingerprint density at radius 2 is 2.13 bits per heavy atom. The van der Waals surface area contributed by atoms with Gasteiger partial charge < -0.3 is 10.1 Å². The lowest BCUT2D eigenvalue weighted by Gasteiger charge is -2.17. The number of rotatable bonds is 5. The predicted molar refractivity (Wildman–Crippen MR) is 64.4 cm³/mol. The van der Waals surface area contributed by atoms with Crippen LogP contribution < -0.4 is 10.1 Å². The second-order valence-corrected chi connectivity index (χ2v) is 3.90. The maximum Gasteiger partial charge on any atom is 0.124 e. The summed E-state index contributed by atoms with van der Waals surface area (Å²) >= 11 is 0. The summed E-state index contributed by atoms with van der Waals surface area (Å²) in [6.07, 6.45) is 1.04. The van der Waals surface area contributed by atoms with Crippen molar-refractivity contribution < 1.29 is 4.74 Å². The van der Waals surface area contributed by atoms with Crippen LogP contribution in [0, 0.1) is 6.92 Å². The van der Waals surface area contributed by atoms with Crippen molar-refractivity contribution in [1.82, 2.24) is 5.32 Å². The van der Waals surface area contributed by atoms with E-state index in [9.17, 15) is 0 Å². The van der Waals surface area contributed by atoms with Gasteiger partial charge in [-0.05, 0) is 33.4 Å². The van der Waals surface area contributed by atoms with Crippen molar-refractivity contribution in [3.63, 3.8) is 0 Å². The maximum absolute atomic E-state index is 5.72. The molecule has 0 aliphatic heterocycles. The molecule has 1 rings (SSSR count). The van der Waals surface area contributed by atoms with Crippen molar-refractivity contribution in [3.8, 4) is 5.75 Å². The fourth-order valence-corrected chi connectivity index (χ4v) is 1.51. The largest absolute Gasteiger partial charge is 0.493 e. The zero-order valence-electron chi connectivity index (χ0n) is 10.1. The summed E-state index contributed by atoms with van der Waals surface area (Å²) in [5.41, 5.74) is 2.52. The van der Waals surface area contributed by atoms with Crippen LogP contribution in [-0.2, 0) is 0 Å². The van der Waals surface area contributed by atoms with E-state index in [1.165, 1.54) is 11.1 Å². The number of aryl methyl sites for hydroxylation is 1. The highest BCUT2D eigenvalue weighted by molar-refractivity contribution is 5.38. The molecule has 1 aromatic rings. The molecule has 0 aliphatic carbocycles. The van der Waals surface area contributed by atoms with E-state index in [-0.39, 0.29) is 0 Å². The van der Waals surface area contributed by atoms with E-state index in [0.29, 0.717) is 6.04 Å². The Morgan fingerprint density at radius 3 is 2.73 bits per heavy atom. The molecule has 1 aromatic carbocycles. The molecule has 0 bridgehead atoms. The summed E-state index contributed by atoms with van der Waals surface area (Å²) in [5.74, 6) is 1.00.